The molecule has 0 aliphatic carbocycles. The van der Waals surface area contributed by atoms with Crippen molar-refractivity contribution in [1.29, 1.82) is 0 Å². The van der Waals surface area contributed by atoms with Crippen LogP contribution in [0.2, 0.25) is 0 Å². The summed E-state index contributed by atoms with van der Waals surface area (Å²) < 4.78 is 12.5. The highest BCUT2D eigenvalue weighted by molar-refractivity contribution is 7.12. The van der Waals surface area contributed by atoms with Gasteiger partial charge < -0.3 is 19.1 Å². The normalized spacial score (nSPS) is 21.2. The Labute approximate surface area is 191 Å². The Balaban J connectivity index is 1.33. The van der Waals surface area contributed by atoms with Gasteiger partial charge in [0.15, 0.2) is 6.10 Å². The van der Waals surface area contributed by atoms with Gasteiger partial charge in [-0.25, -0.2) is 4.79 Å². The van der Waals surface area contributed by atoms with Gasteiger partial charge >= 0.3 is 5.97 Å². The highest BCUT2D eigenvalue weighted by Gasteiger charge is 2.46. The fraction of sp³-hybridized carbons (Fsp3) is 0.375. The molecule has 1 N–H and O–H groups in total. The number of hydrogen-bond acceptors (Lipinski definition) is 6. The topological polar surface area (TPSA) is 55.8 Å². The molecule has 2 atom stereocenters. The Bertz CT molecular complexity index is 925. The van der Waals surface area contributed by atoms with E-state index in [0.29, 0.717) is 16.4 Å². The minimum absolute atomic E-state index is 0.195. The van der Waals surface area contributed by atoms with Crippen molar-refractivity contribution >= 4 is 28.6 Å². The van der Waals surface area contributed by atoms with Crippen LogP contribution in [-0.2, 0) is 15.1 Å². The summed E-state index contributed by atoms with van der Waals surface area (Å²) in [5.41, 5.74) is -1.74. The minimum atomic E-state index is -1.74. The molecule has 3 aromatic rings. The Hall–Kier alpha value is -2.19. The van der Waals surface area contributed by atoms with Crippen molar-refractivity contribution in [2.75, 3.05) is 33.3 Å². The smallest absolute Gasteiger partial charge is 0.349 e. The number of benzene rings is 1. The largest absolute Gasteiger partial charge is 0.493 e. The predicted octanol–water partition coefficient (Wildman–Crippen LogP) is 4.28. The lowest BCUT2D eigenvalue weighted by molar-refractivity contribution is -0.899. The van der Waals surface area contributed by atoms with Gasteiger partial charge in [-0.3, -0.25) is 0 Å². The third-order valence-electron chi connectivity index (χ3n) is 5.81. The van der Waals surface area contributed by atoms with Crippen molar-refractivity contribution in [3.05, 3.63) is 75.1 Å². The number of aliphatic hydroxyl groups is 1. The average molecular weight is 459 g/mol. The van der Waals surface area contributed by atoms with Crippen LogP contribution in [-0.4, -0.2) is 55.0 Å². The first-order valence-electron chi connectivity index (χ1n) is 10.5. The van der Waals surface area contributed by atoms with E-state index in [1.165, 1.54) is 22.7 Å². The standard InChI is InChI=1S/C24H28NO4S2/c1-25(13-7-15-28-19-8-3-2-4-9-19)14-12-20(18-25)29-23(26)24(27,21-10-5-16-30-21)22-11-6-17-31-22/h2-6,8-11,16-17,20,27H,7,12-15,18H2,1H3/q+1. The maximum Gasteiger partial charge on any atom is 0.349 e. The molecule has 2 aromatic heterocycles. The van der Waals surface area contributed by atoms with E-state index >= 15 is 0 Å². The lowest BCUT2D eigenvalue weighted by Crippen LogP contribution is -2.45. The Morgan fingerprint density at radius 3 is 2.39 bits per heavy atom. The number of quaternary nitrogens is 1. The molecule has 1 aliphatic rings. The first kappa shape index (κ1) is 22.0. The second-order valence-electron chi connectivity index (χ2n) is 8.25. The van der Waals surface area contributed by atoms with Crippen molar-refractivity contribution in [3.8, 4) is 5.75 Å². The highest BCUT2D eigenvalue weighted by atomic mass is 32.1. The van der Waals surface area contributed by atoms with Gasteiger partial charge in [0.25, 0.3) is 0 Å². The molecule has 164 valence electrons. The first-order valence-corrected chi connectivity index (χ1v) is 12.3. The average Bonchev–Trinajstić information content (AvgIpc) is 3.54. The lowest BCUT2D eigenvalue weighted by Gasteiger charge is -2.30. The third-order valence-corrected chi connectivity index (χ3v) is 7.77. The van der Waals surface area contributed by atoms with Crippen LogP contribution in [0.4, 0.5) is 0 Å². The summed E-state index contributed by atoms with van der Waals surface area (Å²) in [5.74, 6) is 0.308. The van der Waals surface area contributed by atoms with Gasteiger partial charge in [-0.05, 0) is 35.0 Å². The van der Waals surface area contributed by atoms with E-state index in [0.717, 1.165) is 42.7 Å². The summed E-state index contributed by atoms with van der Waals surface area (Å²) in [6.07, 6.45) is 1.53. The molecule has 0 bridgehead atoms. The number of para-hydroxylation sites is 1. The molecule has 5 nitrogen and oxygen atoms in total. The van der Waals surface area contributed by atoms with Gasteiger partial charge in [-0.15, -0.1) is 22.7 Å². The van der Waals surface area contributed by atoms with Crippen LogP contribution in [0.25, 0.3) is 0 Å². The molecule has 2 unspecified atom stereocenters. The molecule has 1 aliphatic heterocycles. The molecule has 1 saturated heterocycles. The number of rotatable bonds is 9. The molecule has 7 heteroatoms. The monoisotopic (exact) mass is 458 g/mol. The number of ether oxygens (including phenoxy) is 2. The summed E-state index contributed by atoms with van der Waals surface area (Å²) in [6.45, 7) is 3.32. The lowest BCUT2D eigenvalue weighted by atomic mass is 10.00. The molecule has 0 amide bonds. The van der Waals surface area contributed by atoms with Crippen LogP contribution in [0.1, 0.15) is 22.6 Å². The van der Waals surface area contributed by atoms with E-state index in [4.69, 9.17) is 9.47 Å². The number of hydrogen-bond donors (Lipinski definition) is 1. The van der Waals surface area contributed by atoms with Gasteiger partial charge in [0, 0.05) is 12.8 Å². The molecule has 3 heterocycles. The van der Waals surface area contributed by atoms with E-state index in [9.17, 15) is 9.90 Å². The van der Waals surface area contributed by atoms with Crippen LogP contribution in [0.15, 0.2) is 65.4 Å². The van der Waals surface area contributed by atoms with Crippen molar-refractivity contribution in [2.45, 2.75) is 24.5 Å². The first-order chi connectivity index (χ1) is 15.0. The molecular formula is C24H28NO4S2+. The predicted molar refractivity (Wildman–Crippen MR) is 123 cm³/mol. The SMILES string of the molecule is C[N+]1(CCCOc2ccccc2)CCC(OC(=O)C(O)(c2cccs2)c2cccs2)C1. The summed E-state index contributed by atoms with van der Waals surface area (Å²) in [6, 6.07) is 17.1. The van der Waals surface area contributed by atoms with Crippen molar-refractivity contribution in [2.24, 2.45) is 0 Å². The van der Waals surface area contributed by atoms with Crippen LogP contribution < -0.4 is 4.74 Å². The Morgan fingerprint density at radius 1 is 1.10 bits per heavy atom. The van der Waals surface area contributed by atoms with Crippen LogP contribution in [0, 0.1) is 0 Å². The summed E-state index contributed by atoms with van der Waals surface area (Å²) in [5, 5.41) is 15.1. The second-order valence-corrected chi connectivity index (χ2v) is 10.1. The summed E-state index contributed by atoms with van der Waals surface area (Å²) in [7, 11) is 2.20. The third kappa shape index (κ3) is 5.01. The number of thiophene rings is 2. The molecule has 31 heavy (non-hydrogen) atoms. The number of likely N-dealkylation sites (N-methyl/N-ethyl adjacent to an activating group) is 1. The number of carbonyl (C=O) groups is 1. The zero-order chi connectivity index (χ0) is 21.7. The van der Waals surface area contributed by atoms with Gasteiger partial charge in [0.1, 0.15) is 12.3 Å². The zero-order valence-corrected chi connectivity index (χ0v) is 19.2. The Morgan fingerprint density at radius 2 is 1.77 bits per heavy atom. The van der Waals surface area contributed by atoms with E-state index in [1.54, 1.807) is 12.1 Å². The van der Waals surface area contributed by atoms with Crippen LogP contribution >= 0.6 is 22.7 Å². The number of carbonyl (C=O) groups excluding carboxylic acids is 1. The number of nitrogens with zero attached hydrogens (tertiary/aromatic N) is 1. The highest BCUT2D eigenvalue weighted by Crippen LogP contribution is 2.37. The Kier molecular flexibility index (Phi) is 6.77. The molecule has 0 radical (unpaired) electrons. The van der Waals surface area contributed by atoms with Gasteiger partial charge in [0.2, 0.25) is 5.60 Å². The molecule has 1 fully saturated rings. The van der Waals surface area contributed by atoms with E-state index < -0.39 is 11.6 Å². The van der Waals surface area contributed by atoms with Crippen molar-refractivity contribution in [3.63, 3.8) is 0 Å². The van der Waals surface area contributed by atoms with E-state index in [-0.39, 0.29) is 6.10 Å². The maximum absolute atomic E-state index is 13.2. The van der Waals surface area contributed by atoms with Crippen molar-refractivity contribution < 1.29 is 23.9 Å². The molecular weight excluding hydrogens is 430 g/mol. The summed E-state index contributed by atoms with van der Waals surface area (Å²) >= 11 is 2.73. The summed E-state index contributed by atoms with van der Waals surface area (Å²) in [4.78, 5) is 14.3. The van der Waals surface area contributed by atoms with Crippen molar-refractivity contribution in [1.82, 2.24) is 0 Å². The molecule has 1 aromatic carbocycles. The van der Waals surface area contributed by atoms with Crippen LogP contribution in [0.3, 0.4) is 0 Å². The fourth-order valence-electron chi connectivity index (χ4n) is 4.11. The minimum Gasteiger partial charge on any atom is -0.493 e. The maximum atomic E-state index is 13.2. The zero-order valence-electron chi connectivity index (χ0n) is 17.6. The quantitative estimate of drug-likeness (QED) is 0.295. The number of likely N-dealkylation sites (tertiary alicyclic amines) is 1. The molecule has 0 spiro atoms. The second kappa shape index (κ2) is 9.53. The molecule has 0 saturated carbocycles. The molecule has 4 rings (SSSR count). The fourth-order valence-corrected chi connectivity index (χ4v) is 5.82. The number of esters is 1. The van der Waals surface area contributed by atoms with Gasteiger partial charge in [0.05, 0.1) is 36.5 Å². The van der Waals surface area contributed by atoms with E-state index in [2.05, 4.69) is 7.05 Å². The van der Waals surface area contributed by atoms with E-state index in [1.807, 2.05) is 53.2 Å². The van der Waals surface area contributed by atoms with Gasteiger partial charge in [-0.2, -0.15) is 0 Å². The van der Waals surface area contributed by atoms with Gasteiger partial charge in [-0.1, -0.05) is 30.3 Å². The van der Waals surface area contributed by atoms with Crippen LogP contribution in [0.5, 0.6) is 5.75 Å².